The van der Waals surface area contributed by atoms with Gasteiger partial charge < -0.3 is 9.94 Å². The number of halogens is 1. The molecule has 184 valence electrons. The number of rotatable bonds is 4. The third-order valence-corrected chi connectivity index (χ3v) is 8.67. The van der Waals surface area contributed by atoms with Gasteiger partial charge in [0.15, 0.2) is 5.78 Å². The average Bonchev–Trinajstić information content (AvgIpc) is 3.26. The van der Waals surface area contributed by atoms with Crippen molar-refractivity contribution in [3.8, 4) is 5.88 Å². The quantitative estimate of drug-likeness (QED) is 0.312. The van der Waals surface area contributed by atoms with Crippen LogP contribution in [0.1, 0.15) is 52.4 Å². The first kappa shape index (κ1) is 25.7. The number of aromatic hydroxyl groups is 1. The number of nitrogens with zero attached hydrogens (tertiary/aromatic N) is 3. The van der Waals surface area contributed by atoms with E-state index in [0.29, 0.717) is 12.1 Å². The lowest BCUT2D eigenvalue weighted by atomic mass is 10.0. The highest BCUT2D eigenvalue weighted by Gasteiger charge is 2.22. The number of carbonyl (C=O) groups is 1. The minimum Gasteiger partial charge on any atom is -0.493 e. The van der Waals surface area contributed by atoms with Gasteiger partial charge in [0, 0.05) is 39.6 Å². The van der Waals surface area contributed by atoms with Crippen molar-refractivity contribution in [1.29, 1.82) is 0 Å². The number of oxime groups is 1. The SMILES string of the molecule is CCn1ncc(C(=O)c2ccc3c(c2)CCCS3)c1O.CON=C1CCSc2c(Cl)ccc(C)c21. The Balaban J connectivity index is 0.000000172. The number of aromatic nitrogens is 2. The third kappa shape index (κ3) is 5.55. The van der Waals surface area contributed by atoms with E-state index in [1.54, 1.807) is 18.9 Å². The Morgan fingerprint density at radius 1 is 1.23 bits per heavy atom. The third-order valence-electron chi connectivity index (χ3n) is 5.92. The zero-order valence-electron chi connectivity index (χ0n) is 20.0. The van der Waals surface area contributed by atoms with Crippen LogP contribution in [0.5, 0.6) is 5.88 Å². The molecule has 0 unspecified atom stereocenters. The van der Waals surface area contributed by atoms with Crippen molar-refractivity contribution in [1.82, 2.24) is 9.78 Å². The van der Waals surface area contributed by atoms with Gasteiger partial charge in [0.05, 0.1) is 16.9 Å². The van der Waals surface area contributed by atoms with Gasteiger partial charge >= 0.3 is 0 Å². The van der Waals surface area contributed by atoms with Crippen molar-refractivity contribution >= 4 is 46.6 Å². The molecule has 0 spiro atoms. The molecule has 1 N–H and O–H groups in total. The monoisotopic (exact) mass is 529 g/mol. The number of carbonyl (C=O) groups excluding carboxylic acids is 1. The first-order valence-corrected chi connectivity index (χ1v) is 13.9. The van der Waals surface area contributed by atoms with Gasteiger partial charge in [-0.2, -0.15) is 5.10 Å². The molecule has 9 heteroatoms. The van der Waals surface area contributed by atoms with Gasteiger partial charge in [0.25, 0.3) is 0 Å². The van der Waals surface area contributed by atoms with Crippen LogP contribution in [0.25, 0.3) is 0 Å². The van der Waals surface area contributed by atoms with Crippen molar-refractivity contribution in [2.45, 2.75) is 49.4 Å². The van der Waals surface area contributed by atoms with Crippen molar-refractivity contribution in [2.75, 3.05) is 18.6 Å². The van der Waals surface area contributed by atoms with E-state index in [1.807, 2.05) is 49.0 Å². The fourth-order valence-electron chi connectivity index (χ4n) is 4.16. The summed E-state index contributed by atoms with van der Waals surface area (Å²) in [5.41, 5.74) is 5.49. The molecule has 5 rings (SSSR count). The van der Waals surface area contributed by atoms with Crippen LogP contribution in [0.2, 0.25) is 5.02 Å². The van der Waals surface area contributed by atoms with Gasteiger partial charge in [0.1, 0.15) is 12.7 Å². The number of benzene rings is 2. The molecular formula is C26H28ClN3O3S2. The smallest absolute Gasteiger partial charge is 0.220 e. The van der Waals surface area contributed by atoms with E-state index in [-0.39, 0.29) is 17.2 Å². The van der Waals surface area contributed by atoms with Crippen molar-refractivity contribution in [2.24, 2.45) is 5.16 Å². The number of fused-ring (bicyclic) bond motifs is 2. The molecule has 3 aromatic rings. The fraction of sp³-hybridized carbons (Fsp3) is 0.346. The summed E-state index contributed by atoms with van der Waals surface area (Å²) in [6, 6.07) is 9.76. The van der Waals surface area contributed by atoms with E-state index >= 15 is 0 Å². The normalized spacial score (nSPS) is 15.6. The summed E-state index contributed by atoms with van der Waals surface area (Å²) in [6.45, 7) is 4.49. The second-order valence-corrected chi connectivity index (χ2v) is 10.8. The molecule has 2 aliphatic rings. The summed E-state index contributed by atoms with van der Waals surface area (Å²) in [6.07, 6.45) is 4.54. The van der Waals surface area contributed by atoms with E-state index in [2.05, 4.69) is 17.2 Å². The molecule has 6 nitrogen and oxygen atoms in total. The van der Waals surface area contributed by atoms with Crippen LogP contribution < -0.4 is 0 Å². The lowest BCUT2D eigenvalue weighted by Gasteiger charge is -2.19. The molecule has 0 aliphatic carbocycles. The maximum Gasteiger partial charge on any atom is 0.220 e. The fourth-order valence-corrected chi connectivity index (χ4v) is 6.63. The number of thioether (sulfide) groups is 2. The van der Waals surface area contributed by atoms with Crippen LogP contribution in [0.3, 0.4) is 0 Å². The molecular weight excluding hydrogens is 502 g/mol. The highest BCUT2D eigenvalue weighted by molar-refractivity contribution is 7.99. The van der Waals surface area contributed by atoms with Crippen LogP contribution >= 0.6 is 35.1 Å². The van der Waals surface area contributed by atoms with Crippen LogP contribution in [0.4, 0.5) is 0 Å². The Morgan fingerprint density at radius 2 is 2.06 bits per heavy atom. The van der Waals surface area contributed by atoms with Gasteiger partial charge in [-0.3, -0.25) is 4.79 Å². The predicted molar refractivity (Wildman–Crippen MR) is 144 cm³/mol. The molecule has 3 heterocycles. The molecule has 1 aromatic heterocycles. The van der Waals surface area contributed by atoms with E-state index in [0.717, 1.165) is 52.0 Å². The molecule has 0 atom stereocenters. The molecule has 2 aliphatic heterocycles. The predicted octanol–water partition coefficient (Wildman–Crippen LogP) is 6.37. The largest absolute Gasteiger partial charge is 0.493 e. The van der Waals surface area contributed by atoms with E-state index < -0.39 is 0 Å². The van der Waals surface area contributed by atoms with Gasteiger partial charge in [-0.25, -0.2) is 4.68 Å². The first-order chi connectivity index (χ1) is 16.9. The summed E-state index contributed by atoms with van der Waals surface area (Å²) in [5.74, 6) is 1.94. The maximum absolute atomic E-state index is 12.5. The van der Waals surface area contributed by atoms with Gasteiger partial charge in [-0.1, -0.05) is 22.8 Å². The molecule has 0 saturated heterocycles. The van der Waals surface area contributed by atoms with Gasteiger partial charge in [-0.15, -0.1) is 23.5 Å². The van der Waals surface area contributed by atoms with E-state index in [9.17, 15) is 9.90 Å². The highest BCUT2D eigenvalue weighted by Crippen LogP contribution is 2.38. The molecule has 0 radical (unpaired) electrons. The molecule has 0 fully saturated rings. The maximum atomic E-state index is 12.5. The number of hydrogen-bond donors (Lipinski definition) is 1. The van der Waals surface area contributed by atoms with Crippen molar-refractivity contribution < 1.29 is 14.7 Å². The van der Waals surface area contributed by atoms with Crippen LogP contribution in [0, 0.1) is 6.92 Å². The number of aryl methyl sites for hydroxylation is 3. The van der Waals surface area contributed by atoms with Gasteiger partial charge in [-0.05, 0) is 67.8 Å². The highest BCUT2D eigenvalue weighted by atomic mass is 35.5. The second-order valence-electron chi connectivity index (χ2n) is 8.19. The molecule has 0 saturated carbocycles. The lowest BCUT2D eigenvalue weighted by molar-refractivity contribution is 0.103. The Kier molecular flexibility index (Phi) is 8.46. The Labute approximate surface area is 219 Å². The summed E-state index contributed by atoms with van der Waals surface area (Å²) in [5, 5.41) is 18.9. The molecule has 0 bridgehead atoms. The number of ketones is 1. The second kappa shape index (κ2) is 11.5. The topological polar surface area (TPSA) is 76.7 Å². The average molecular weight is 530 g/mol. The summed E-state index contributed by atoms with van der Waals surface area (Å²) < 4.78 is 1.42. The zero-order valence-corrected chi connectivity index (χ0v) is 22.4. The standard InChI is InChI=1S/C15H16N2O2S.C11H12ClNOS/c1-2-17-15(19)12(9-16-17)14(18)11-5-6-13-10(8-11)4-3-7-20-13;1-7-3-4-8(12)11-10(7)9(13-14-2)5-6-15-11/h5-6,8-9,19H,2-4,7H2,1H3;3-4H,5-6H2,1-2H3. The van der Waals surface area contributed by atoms with Crippen molar-refractivity contribution in [3.05, 3.63) is 69.4 Å². The van der Waals surface area contributed by atoms with Gasteiger partial charge in [0.2, 0.25) is 5.88 Å². The van der Waals surface area contributed by atoms with Crippen LogP contribution in [-0.2, 0) is 17.8 Å². The number of hydrogen-bond acceptors (Lipinski definition) is 7. The van der Waals surface area contributed by atoms with E-state index in [1.165, 1.54) is 26.9 Å². The minimum absolute atomic E-state index is 0.0513. The molecule has 0 amide bonds. The van der Waals surface area contributed by atoms with E-state index in [4.69, 9.17) is 16.4 Å². The first-order valence-electron chi connectivity index (χ1n) is 11.5. The Bertz CT molecular complexity index is 1270. The Morgan fingerprint density at radius 3 is 2.80 bits per heavy atom. The minimum atomic E-state index is -0.166. The zero-order chi connectivity index (χ0) is 24.9. The summed E-state index contributed by atoms with van der Waals surface area (Å²) in [7, 11) is 1.58. The van der Waals surface area contributed by atoms with Crippen LogP contribution in [0.15, 0.2) is 51.5 Å². The Hall–Kier alpha value is -2.42. The van der Waals surface area contributed by atoms with Crippen molar-refractivity contribution in [3.63, 3.8) is 0 Å². The summed E-state index contributed by atoms with van der Waals surface area (Å²) in [4.78, 5) is 19.7. The molecule has 35 heavy (non-hydrogen) atoms. The summed E-state index contributed by atoms with van der Waals surface area (Å²) >= 11 is 9.79. The van der Waals surface area contributed by atoms with Crippen LogP contribution in [-0.4, -0.2) is 45.0 Å². The molecule has 2 aromatic carbocycles. The lowest BCUT2D eigenvalue weighted by Crippen LogP contribution is -2.12.